The SMILES string of the molecule is O=C(COCc1ccccc1Cl)N1CCCC(c2[nH]ncc2CN2CCCC2)C1. The molecule has 2 aliphatic heterocycles. The molecule has 2 saturated heterocycles. The number of nitrogens with one attached hydrogen (secondary N) is 1. The predicted molar refractivity (Wildman–Crippen MR) is 113 cm³/mol. The van der Waals surface area contributed by atoms with Crippen LogP contribution < -0.4 is 0 Å². The fourth-order valence-corrected chi connectivity index (χ4v) is 4.57. The summed E-state index contributed by atoms with van der Waals surface area (Å²) in [6, 6.07) is 7.56. The second-order valence-corrected chi connectivity index (χ2v) is 8.46. The van der Waals surface area contributed by atoms with Crippen LogP contribution >= 0.6 is 11.6 Å². The Labute approximate surface area is 177 Å². The molecule has 0 aliphatic carbocycles. The molecule has 3 heterocycles. The van der Waals surface area contributed by atoms with Crippen molar-refractivity contribution in [3.63, 3.8) is 0 Å². The van der Waals surface area contributed by atoms with Crippen LogP contribution in [0.2, 0.25) is 5.02 Å². The predicted octanol–water partition coefficient (Wildman–Crippen LogP) is 3.58. The Morgan fingerprint density at radius 1 is 1.17 bits per heavy atom. The second kappa shape index (κ2) is 9.74. The van der Waals surface area contributed by atoms with E-state index in [9.17, 15) is 4.79 Å². The molecule has 29 heavy (non-hydrogen) atoms. The Morgan fingerprint density at radius 3 is 2.83 bits per heavy atom. The summed E-state index contributed by atoms with van der Waals surface area (Å²) in [5.41, 5.74) is 3.38. The molecule has 0 spiro atoms. The van der Waals surface area contributed by atoms with Gasteiger partial charge in [-0.2, -0.15) is 5.10 Å². The van der Waals surface area contributed by atoms with E-state index in [1.54, 1.807) is 0 Å². The molecule has 2 aliphatic rings. The van der Waals surface area contributed by atoms with Crippen LogP contribution in [-0.4, -0.2) is 58.7 Å². The van der Waals surface area contributed by atoms with Gasteiger partial charge >= 0.3 is 0 Å². The van der Waals surface area contributed by atoms with Crippen LogP contribution in [-0.2, 0) is 22.7 Å². The Bertz CT molecular complexity index is 819. The van der Waals surface area contributed by atoms with Gasteiger partial charge in [-0.1, -0.05) is 29.8 Å². The van der Waals surface area contributed by atoms with Gasteiger partial charge in [-0.25, -0.2) is 0 Å². The summed E-state index contributed by atoms with van der Waals surface area (Å²) in [5.74, 6) is 0.360. The molecule has 4 rings (SSSR count). The number of nitrogens with zero attached hydrogens (tertiary/aromatic N) is 3. The lowest BCUT2D eigenvalue weighted by atomic mass is 9.92. The monoisotopic (exact) mass is 416 g/mol. The molecule has 1 unspecified atom stereocenters. The molecule has 0 saturated carbocycles. The molecule has 6 nitrogen and oxygen atoms in total. The Hall–Kier alpha value is -1.89. The van der Waals surface area contributed by atoms with Gasteiger partial charge in [0, 0.05) is 41.8 Å². The van der Waals surface area contributed by atoms with Crippen molar-refractivity contribution in [1.82, 2.24) is 20.0 Å². The molecule has 2 aromatic rings. The third kappa shape index (κ3) is 5.18. The van der Waals surface area contributed by atoms with Crippen molar-refractivity contribution >= 4 is 17.5 Å². The van der Waals surface area contributed by atoms with E-state index in [-0.39, 0.29) is 12.5 Å². The number of amides is 1. The Balaban J connectivity index is 1.31. The number of carbonyl (C=O) groups is 1. The van der Waals surface area contributed by atoms with E-state index in [2.05, 4.69) is 15.1 Å². The first kappa shape index (κ1) is 20.4. The quantitative estimate of drug-likeness (QED) is 0.749. The number of carbonyl (C=O) groups excluding carboxylic acids is 1. The molecular weight excluding hydrogens is 388 g/mol. The largest absolute Gasteiger partial charge is 0.367 e. The topological polar surface area (TPSA) is 61.5 Å². The fourth-order valence-electron chi connectivity index (χ4n) is 4.38. The van der Waals surface area contributed by atoms with E-state index < -0.39 is 0 Å². The first-order chi connectivity index (χ1) is 14.2. The molecule has 1 N–H and O–H groups in total. The summed E-state index contributed by atoms with van der Waals surface area (Å²) >= 11 is 6.15. The highest BCUT2D eigenvalue weighted by Gasteiger charge is 2.28. The van der Waals surface area contributed by atoms with E-state index in [0.29, 0.717) is 17.5 Å². The summed E-state index contributed by atoms with van der Waals surface area (Å²) in [4.78, 5) is 17.1. The third-order valence-corrected chi connectivity index (χ3v) is 6.34. The smallest absolute Gasteiger partial charge is 0.248 e. The maximum Gasteiger partial charge on any atom is 0.248 e. The standard InChI is InChI=1S/C22H29ClN4O2/c23-20-8-2-1-6-18(20)15-29-16-21(28)27-11-5-7-17(14-27)22-19(12-24-25-22)13-26-9-3-4-10-26/h1-2,6,8,12,17H,3-5,7,9-11,13-16H2,(H,24,25). The molecule has 7 heteroatoms. The van der Waals surface area contributed by atoms with Crippen molar-refractivity contribution in [3.05, 3.63) is 52.3 Å². The van der Waals surface area contributed by atoms with Crippen LogP contribution in [0.4, 0.5) is 0 Å². The summed E-state index contributed by atoms with van der Waals surface area (Å²) < 4.78 is 5.65. The molecule has 1 aromatic carbocycles. The number of ether oxygens (including phenoxy) is 1. The van der Waals surface area contributed by atoms with Crippen LogP contribution in [0.5, 0.6) is 0 Å². The highest BCUT2D eigenvalue weighted by atomic mass is 35.5. The van der Waals surface area contributed by atoms with Gasteiger partial charge in [0.25, 0.3) is 0 Å². The Morgan fingerprint density at radius 2 is 2.00 bits per heavy atom. The normalized spacial score (nSPS) is 20.3. The van der Waals surface area contributed by atoms with Gasteiger partial charge in [0.1, 0.15) is 6.61 Å². The maximum atomic E-state index is 12.7. The van der Waals surface area contributed by atoms with Crippen LogP contribution in [0.15, 0.2) is 30.5 Å². The van der Waals surface area contributed by atoms with Crippen LogP contribution in [0, 0.1) is 0 Å². The van der Waals surface area contributed by atoms with E-state index in [0.717, 1.165) is 38.0 Å². The van der Waals surface area contributed by atoms with Crippen LogP contribution in [0.3, 0.4) is 0 Å². The molecule has 2 fully saturated rings. The number of rotatable bonds is 7. The van der Waals surface area contributed by atoms with Crippen molar-refractivity contribution in [1.29, 1.82) is 0 Å². The summed E-state index contributed by atoms with van der Waals surface area (Å²) in [7, 11) is 0. The van der Waals surface area contributed by atoms with Crippen LogP contribution in [0.25, 0.3) is 0 Å². The zero-order valence-electron chi connectivity index (χ0n) is 16.8. The van der Waals surface area contributed by atoms with Gasteiger partial charge < -0.3 is 9.64 Å². The average molecular weight is 417 g/mol. The number of hydrogen-bond donors (Lipinski definition) is 1. The molecule has 1 amide bonds. The van der Waals surface area contributed by atoms with Crippen molar-refractivity contribution in [3.8, 4) is 0 Å². The number of likely N-dealkylation sites (tertiary alicyclic amines) is 2. The number of aromatic amines is 1. The first-order valence-corrected chi connectivity index (χ1v) is 10.9. The minimum Gasteiger partial charge on any atom is -0.367 e. The number of hydrogen-bond acceptors (Lipinski definition) is 4. The highest BCUT2D eigenvalue weighted by molar-refractivity contribution is 6.31. The van der Waals surface area contributed by atoms with Crippen LogP contribution in [0.1, 0.15) is 48.4 Å². The minimum absolute atomic E-state index is 0.0439. The Kier molecular flexibility index (Phi) is 6.85. The first-order valence-electron chi connectivity index (χ1n) is 10.5. The van der Waals surface area contributed by atoms with Gasteiger partial charge in [0.15, 0.2) is 0 Å². The van der Waals surface area contributed by atoms with Gasteiger partial charge in [-0.05, 0) is 50.4 Å². The lowest BCUT2D eigenvalue weighted by Crippen LogP contribution is -2.41. The number of halogens is 1. The maximum absolute atomic E-state index is 12.7. The molecule has 0 radical (unpaired) electrons. The number of piperidine rings is 1. The van der Waals surface area contributed by atoms with Gasteiger partial charge in [-0.15, -0.1) is 0 Å². The summed E-state index contributed by atoms with van der Waals surface area (Å²) in [6.45, 7) is 5.25. The average Bonchev–Trinajstić information content (AvgIpc) is 3.42. The van der Waals surface area contributed by atoms with Crippen molar-refractivity contribution in [2.45, 2.75) is 44.8 Å². The molecule has 1 aromatic heterocycles. The third-order valence-electron chi connectivity index (χ3n) is 5.97. The lowest BCUT2D eigenvalue weighted by Gasteiger charge is -2.33. The van der Waals surface area contributed by atoms with Crippen molar-refractivity contribution < 1.29 is 9.53 Å². The van der Waals surface area contributed by atoms with E-state index in [1.807, 2.05) is 35.4 Å². The van der Waals surface area contributed by atoms with E-state index in [4.69, 9.17) is 16.3 Å². The lowest BCUT2D eigenvalue weighted by molar-refractivity contribution is -0.137. The fraction of sp³-hybridized carbons (Fsp3) is 0.545. The minimum atomic E-state index is 0.0439. The summed E-state index contributed by atoms with van der Waals surface area (Å²) in [5, 5.41) is 8.20. The van der Waals surface area contributed by atoms with Gasteiger partial charge in [0.2, 0.25) is 5.91 Å². The number of benzene rings is 1. The van der Waals surface area contributed by atoms with Crippen molar-refractivity contribution in [2.24, 2.45) is 0 Å². The van der Waals surface area contributed by atoms with E-state index >= 15 is 0 Å². The zero-order chi connectivity index (χ0) is 20.1. The van der Waals surface area contributed by atoms with Gasteiger partial charge in [-0.3, -0.25) is 14.8 Å². The molecule has 156 valence electrons. The molecule has 0 bridgehead atoms. The summed E-state index contributed by atoms with van der Waals surface area (Å²) in [6.07, 6.45) is 6.61. The van der Waals surface area contributed by atoms with E-state index in [1.165, 1.54) is 37.2 Å². The zero-order valence-corrected chi connectivity index (χ0v) is 17.5. The molecule has 1 atom stereocenters. The number of H-pyrrole nitrogens is 1. The van der Waals surface area contributed by atoms with Gasteiger partial charge in [0.05, 0.1) is 12.8 Å². The second-order valence-electron chi connectivity index (χ2n) is 8.06. The highest BCUT2D eigenvalue weighted by Crippen LogP contribution is 2.29. The number of aromatic nitrogens is 2. The molecular formula is C22H29ClN4O2. The van der Waals surface area contributed by atoms with Crippen molar-refractivity contribution in [2.75, 3.05) is 32.8 Å².